The number of pyridine rings is 1. The quantitative estimate of drug-likeness (QED) is 0.526. The van der Waals surface area contributed by atoms with Crippen LogP contribution in [0.2, 0.25) is 0 Å². The number of hydrogen-bond donors (Lipinski definition) is 0. The van der Waals surface area contributed by atoms with Gasteiger partial charge in [-0.15, -0.1) is 0 Å². The van der Waals surface area contributed by atoms with E-state index in [2.05, 4.69) is 49.2 Å². The van der Waals surface area contributed by atoms with Crippen LogP contribution < -0.4 is 0 Å². The van der Waals surface area contributed by atoms with Crippen molar-refractivity contribution in [2.75, 3.05) is 0 Å². The highest BCUT2D eigenvalue weighted by Crippen LogP contribution is 2.30. The topological polar surface area (TPSA) is 12.9 Å². The first-order valence-corrected chi connectivity index (χ1v) is 9.20. The van der Waals surface area contributed by atoms with Crippen LogP contribution in [0.15, 0.2) is 46.3 Å². The third-order valence-electron chi connectivity index (χ3n) is 3.92. The summed E-state index contributed by atoms with van der Waals surface area (Å²) in [5.74, 6) is 0. The van der Waals surface area contributed by atoms with Gasteiger partial charge in [-0.25, -0.2) is 0 Å². The number of rotatable bonds is 8. The summed E-state index contributed by atoms with van der Waals surface area (Å²) in [4.78, 5) is 6.94. The number of hydrogen-bond acceptors (Lipinski definition) is 2. The van der Waals surface area contributed by atoms with Crippen LogP contribution in [0, 0.1) is 13.8 Å². The van der Waals surface area contributed by atoms with Crippen LogP contribution >= 0.6 is 11.8 Å². The molecule has 22 heavy (non-hydrogen) atoms. The van der Waals surface area contributed by atoms with Gasteiger partial charge in [-0.05, 0) is 56.0 Å². The fraction of sp³-hybridized carbons (Fsp3) is 0.450. The van der Waals surface area contributed by atoms with Crippen LogP contribution in [0.4, 0.5) is 0 Å². The van der Waals surface area contributed by atoms with Crippen molar-refractivity contribution in [3.05, 3.63) is 53.3 Å². The Labute approximate surface area is 139 Å². The lowest BCUT2D eigenvalue weighted by molar-refractivity contribution is 0.632. The Kier molecular flexibility index (Phi) is 6.98. The molecule has 0 saturated heterocycles. The van der Waals surface area contributed by atoms with Gasteiger partial charge >= 0.3 is 0 Å². The van der Waals surface area contributed by atoms with Crippen LogP contribution in [0.1, 0.15) is 55.8 Å². The molecule has 0 N–H and O–H groups in total. The van der Waals surface area contributed by atoms with E-state index in [9.17, 15) is 0 Å². The molecule has 118 valence electrons. The molecule has 0 atom stereocenters. The van der Waals surface area contributed by atoms with E-state index >= 15 is 0 Å². The Hall–Kier alpha value is -1.28. The fourth-order valence-corrected chi connectivity index (χ4v) is 3.43. The van der Waals surface area contributed by atoms with Gasteiger partial charge in [0.15, 0.2) is 0 Å². The smallest absolute Gasteiger partial charge is 0.0413 e. The van der Waals surface area contributed by atoms with E-state index < -0.39 is 0 Å². The number of aromatic nitrogens is 1. The molecule has 0 bridgehead atoms. The number of nitrogens with zero attached hydrogens (tertiary/aromatic N) is 1. The zero-order valence-corrected chi connectivity index (χ0v) is 14.9. The van der Waals surface area contributed by atoms with Gasteiger partial charge in [-0.3, -0.25) is 4.98 Å². The van der Waals surface area contributed by atoms with Gasteiger partial charge in [-0.2, -0.15) is 0 Å². The lowest BCUT2D eigenvalue weighted by Crippen LogP contribution is -1.88. The average molecular weight is 314 g/mol. The molecule has 2 aromatic rings. The van der Waals surface area contributed by atoms with E-state index in [1.165, 1.54) is 59.4 Å². The Morgan fingerprint density at radius 2 is 1.68 bits per heavy atom. The highest BCUT2D eigenvalue weighted by atomic mass is 32.2. The van der Waals surface area contributed by atoms with Gasteiger partial charge in [0.1, 0.15) is 0 Å². The van der Waals surface area contributed by atoms with Crippen molar-refractivity contribution >= 4 is 11.8 Å². The maximum absolute atomic E-state index is 4.40. The predicted octanol–water partition coefficient (Wildman–Crippen LogP) is 6.36. The minimum Gasteiger partial charge on any atom is -0.260 e. The molecule has 0 unspecified atom stereocenters. The summed E-state index contributed by atoms with van der Waals surface area (Å²) < 4.78 is 0. The lowest BCUT2D eigenvalue weighted by atomic mass is 10.1. The number of benzene rings is 1. The molecule has 1 nitrogen and oxygen atoms in total. The second-order valence-electron chi connectivity index (χ2n) is 6.00. The van der Waals surface area contributed by atoms with Crippen LogP contribution in [-0.2, 0) is 6.42 Å². The molecular formula is C20H27NS. The highest BCUT2D eigenvalue weighted by molar-refractivity contribution is 7.99. The zero-order chi connectivity index (χ0) is 15.8. The van der Waals surface area contributed by atoms with Gasteiger partial charge in [0.05, 0.1) is 0 Å². The monoisotopic (exact) mass is 313 g/mol. The lowest BCUT2D eigenvalue weighted by Gasteiger charge is -2.07. The molecule has 0 spiro atoms. The molecule has 0 fully saturated rings. The van der Waals surface area contributed by atoms with Crippen molar-refractivity contribution in [2.45, 2.75) is 69.1 Å². The molecule has 1 heterocycles. The summed E-state index contributed by atoms with van der Waals surface area (Å²) >= 11 is 1.80. The van der Waals surface area contributed by atoms with Gasteiger partial charge in [0, 0.05) is 21.7 Å². The minimum absolute atomic E-state index is 1.08. The molecule has 2 rings (SSSR count). The molecule has 0 aliphatic carbocycles. The fourth-order valence-electron chi connectivity index (χ4n) is 2.57. The van der Waals surface area contributed by atoms with E-state index in [1.54, 1.807) is 11.8 Å². The van der Waals surface area contributed by atoms with Crippen molar-refractivity contribution in [3.8, 4) is 0 Å². The summed E-state index contributed by atoms with van der Waals surface area (Å²) in [7, 11) is 0. The van der Waals surface area contributed by atoms with Crippen molar-refractivity contribution in [1.29, 1.82) is 0 Å². The maximum Gasteiger partial charge on any atom is 0.0413 e. The van der Waals surface area contributed by atoms with E-state index in [1.807, 2.05) is 13.1 Å². The molecule has 1 aromatic carbocycles. The SMILES string of the molecule is CCCCCCCc1ccc(Sc2cnc(C)cc2C)cc1. The molecule has 0 aliphatic rings. The van der Waals surface area contributed by atoms with Crippen molar-refractivity contribution in [1.82, 2.24) is 4.98 Å². The van der Waals surface area contributed by atoms with Gasteiger partial charge in [-0.1, -0.05) is 56.5 Å². The first-order valence-electron chi connectivity index (χ1n) is 8.39. The van der Waals surface area contributed by atoms with Gasteiger partial charge in [0.25, 0.3) is 0 Å². The van der Waals surface area contributed by atoms with Crippen LogP contribution in [-0.4, -0.2) is 4.98 Å². The number of unbranched alkanes of at least 4 members (excludes halogenated alkanes) is 4. The van der Waals surface area contributed by atoms with E-state index in [4.69, 9.17) is 0 Å². The first kappa shape index (κ1) is 17.1. The molecule has 2 heteroatoms. The molecule has 0 radical (unpaired) electrons. The van der Waals surface area contributed by atoms with Crippen molar-refractivity contribution < 1.29 is 0 Å². The number of aryl methyl sites for hydroxylation is 3. The molecule has 0 aliphatic heterocycles. The Balaban J connectivity index is 1.86. The third kappa shape index (κ3) is 5.49. The normalized spacial score (nSPS) is 10.9. The standard InChI is InChI=1S/C20H27NS/c1-4-5-6-7-8-9-18-10-12-19(13-11-18)22-20-15-21-17(3)14-16(20)2/h10-15H,4-9H2,1-3H3. The Bertz CT molecular complexity index is 575. The van der Waals surface area contributed by atoms with Gasteiger partial charge < -0.3 is 0 Å². The van der Waals surface area contributed by atoms with Crippen LogP contribution in [0.25, 0.3) is 0 Å². The van der Waals surface area contributed by atoms with E-state index in [0.717, 1.165) is 5.69 Å². The second kappa shape index (κ2) is 8.99. The molecule has 1 aromatic heterocycles. The second-order valence-corrected chi connectivity index (χ2v) is 7.12. The van der Waals surface area contributed by atoms with Crippen LogP contribution in [0.3, 0.4) is 0 Å². The summed E-state index contributed by atoms with van der Waals surface area (Å²) in [6, 6.07) is 11.2. The predicted molar refractivity (Wildman–Crippen MR) is 96.7 cm³/mol. The zero-order valence-electron chi connectivity index (χ0n) is 14.1. The Morgan fingerprint density at radius 1 is 0.955 bits per heavy atom. The van der Waals surface area contributed by atoms with Gasteiger partial charge in [0.2, 0.25) is 0 Å². The third-order valence-corrected chi connectivity index (χ3v) is 5.07. The highest BCUT2D eigenvalue weighted by Gasteiger charge is 2.03. The van der Waals surface area contributed by atoms with E-state index in [-0.39, 0.29) is 0 Å². The maximum atomic E-state index is 4.40. The van der Waals surface area contributed by atoms with Crippen molar-refractivity contribution in [2.24, 2.45) is 0 Å². The van der Waals surface area contributed by atoms with Crippen molar-refractivity contribution in [3.63, 3.8) is 0 Å². The summed E-state index contributed by atoms with van der Waals surface area (Å²) in [6.07, 6.45) is 9.94. The van der Waals surface area contributed by atoms with E-state index in [0.29, 0.717) is 0 Å². The summed E-state index contributed by atoms with van der Waals surface area (Å²) in [5, 5.41) is 0. The largest absolute Gasteiger partial charge is 0.260 e. The molecule has 0 amide bonds. The summed E-state index contributed by atoms with van der Waals surface area (Å²) in [5.41, 5.74) is 3.84. The minimum atomic E-state index is 1.08. The average Bonchev–Trinajstić information content (AvgIpc) is 2.51. The Morgan fingerprint density at radius 3 is 2.36 bits per heavy atom. The molecular weight excluding hydrogens is 286 g/mol. The first-order chi connectivity index (χ1) is 10.7. The molecule has 0 saturated carbocycles. The summed E-state index contributed by atoms with van der Waals surface area (Å²) in [6.45, 7) is 6.46. The van der Waals surface area contributed by atoms with Crippen LogP contribution in [0.5, 0.6) is 0 Å².